The Balaban J connectivity index is 1.72. The number of rotatable bonds is 7. The normalized spacial score (nSPS) is 16.6. The van der Waals surface area contributed by atoms with Gasteiger partial charge in [-0.2, -0.15) is 0 Å². The highest BCUT2D eigenvalue weighted by Crippen LogP contribution is 2.09. The van der Waals surface area contributed by atoms with E-state index in [1.165, 1.54) is 11.1 Å². The molecule has 1 aromatic carbocycles. The van der Waals surface area contributed by atoms with E-state index in [0.29, 0.717) is 13.2 Å². The number of nitrogens with one attached hydrogen (secondary N) is 1. The fourth-order valence-corrected chi connectivity index (χ4v) is 2.55. The zero-order chi connectivity index (χ0) is 15.8. The summed E-state index contributed by atoms with van der Waals surface area (Å²) in [6.07, 6.45) is 0. The zero-order valence-corrected chi connectivity index (χ0v) is 13.7. The van der Waals surface area contributed by atoms with Gasteiger partial charge in [-0.1, -0.05) is 24.3 Å². The SMILES string of the molecule is CCOC(=O)CNCc1ccc(CN2CCN(C)CC2)cc1. The van der Waals surface area contributed by atoms with Crippen LogP contribution in [0.15, 0.2) is 24.3 Å². The van der Waals surface area contributed by atoms with Crippen molar-refractivity contribution >= 4 is 5.97 Å². The Morgan fingerprint density at radius 1 is 1.14 bits per heavy atom. The van der Waals surface area contributed by atoms with E-state index >= 15 is 0 Å². The first-order chi connectivity index (χ1) is 10.7. The molecule has 22 heavy (non-hydrogen) atoms. The minimum absolute atomic E-state index is 0.200. The number of carbonyl (C=O) groups excluding carboxylic acids is 1. The van der Waals surface area contributed by atoms with Crippen LogP contribution >= 0.6 is 0 Å². The summed E-state index contributed by atoms with van der Waals surface area (Å²) in [7, 11) is 2.18. The zero-order valence-electron chi connectivity index (χ0n) is 13.7. The largest absolute Gasteiger partial charge is 0.465 e. The molecule has 0 spiro atoms. The maximum atomic E-state index is 11.2. The first-order valence-electron chi connectivity index (χ1n) is 8.02. The second-order valence-electron chi connectivity index (χ2n) is 5.80. The summed E-state index contributed by atoms with van der Waals surface area (Å²) in [6, 6.07) is 8.62. The van der Waals surface area contributed by atoms with Crippen LogP contribution < -0.4 is 5.32 Å². The van der Waals surface area contributed by atoms with Gasteiger partial charge >= 0.3 is 5.97 Å². The summed E-state index contributed by atoms with van der Waals surface area (Å²) in [5, 5.41) is 3.10. The maximum absolute atomic E-state index is 11.2. The molecular weight excluding hydrogens is 278 g/mol. The summed E-state index contributed by atoms with van der Waals surface area (Å²) < 4.78 is 4.88. The molecule has 122 valence electrons. The third-order valence-electron chi connectivity index (χ3n) is 3.93. The van der Waals surface area contributed by atoms with Crippen molar-refractivity contribution in [1.82, 2.24) is 15.1 Å². The summed E-state index contributed by atoms with van der Waals surface area (Å²) >= 11 is 0. The molecule has 1 saturated heterocycles. The molecular formula is C17H27N3O2. The minimum atomic E-state index is -0.200. The molecule has 0 unspecified atom stereocenters. The lowest BCUT2D eigenvalue weighted by Gasteiger charge is -2.32. The number of piperazine rings is 1. The van der Waals surface area contributed by atoms with E-state index in [4.69, 9.17) is 4.74 Å². The number of hydrogen-bond donors (Lipinski definition) is 1. The molecule has 0 bridgehead atoms. The van der Waals surface area contributed by atoms with Crippen LogP contribution in [0, 0.1) is 0 Å². The predicted octanol–water partition coefficient (Wildman–Crippen LogP) is 1.09. The lowest BCUT2D eigenvalue weighted by molar-refractivity contribution is -0.142. The van der Waals surface area contributed by atoms with Gasteiger partial charge in [0.1, 0.15) is 0 Å². The van der Waals surface area contributed by atoms with Crippen LogP contribution in [-0.4, -0.2) is 62.1 Å². The van der Waals surface area contributed by atoms with Gasteiger partial charge in [-0.25, -0.2) is 0 Å². The lowest BCUT2D eigenvalue weighted by atomic mass is 10.1. The standard InChI is InChI=1S/C17H27N3O2/c1-3-22-17(21)13-18-12-15-4-6-16(7-5-15)14-20-10-8-19(2)9-11-20/h4-7,18H,3,8-14H2,1-2H3. The topological polar surface area (TPSA) is 44.8 Å². The first kappa shape index (κ1) is 16.9. The summed E-state index contributed by atoms with van der Waals surface area (Å²) in [5.41, 5.74) is 2.53. The molecule has 2 rings (SSSR count). The molecule has 1 fully saturated rings. The first-order valence-corrected chi connectivity index (χ1v) is 8.02. The van der Waals surface area contributed by atoms with Crippen LogP contribution in [0.2, 0.25) is 0 Å². The highest BCUT2D eigenvalue weighted by Gasteiger charge is 2.13. The number of carbonyl (C=O) groups is 1. The quantitative estimate of drug-likeness (QED) is 0.764. The number of nitrogens with zero attached hydrogens (tertiary/aromatic N) is 2. The highest BCUT2D eigenvalue weighted by molar-refractivity contribution is 5.71. The molecule has 1 heterocycles. The summed E-state index contributed by atoms with van der Waals surface area (Å²) in [6.45, 7) is 8.79. The molecule has 0 atom stereocenters. The van der Waals surface area contributed by atoms with Crippen LogP contribution in [0.25, 0.3) is 0 Å². The fourth-order valence-electron chi connectivity index (χ4n) is 2.55. The molecule has 1 aliphatic heterocycles. The fraction of sp³-hybridized carbons (Fsp3) is 0.588. The van der Waals surface area contributed by atoms with Gasteiger partial charge in [-0.3, -0.25) is 9.69 Å². The van der Waals surface area contributed by atoms with Gasteiger partial charge in [0.15, 0.2) is 0 Å². The van der Waals surface area contributed by atoms with Gasteiger partial charge in [-0.05, 0) is 25.1 Å². The van der Waals surface area contributed by atoms with E-state index in [-0.39, 0.29) is 12.5 Å². The van der Waals surface area contributed by atoms with Gasteiger partial charge in [0.2, 0.25) is 0 Å². The van der Waals surface area contributed by atoms with Crippen LogP contribution in [0.3, 0.4) is 0 Å². The van der Waals surface area contributed by atoms with Crippen LogP contribution in [-0.2, 0) is 22.6 Å². The van der Waals surface area contributed by atoms with E-state index in [9.17, 15) is 4.79 Å². The summed E-state index contributed by atoms with van der Waals surface area (Å²) in [5.74, 6) is -0.200. The monoisotopic (exact) mass is 305 g/mol. The third kappa shape index (κ3) is 5.75. The van der Waals surface area contributed by atoms with E-state index in [0.717, 1.165) is 32.7 Å². The van der Waals surface area contributed by atoms with Crippen molar-refractivity contribution < 1.29 is 9.53 Å². The van der Waals surface area contributed by atoms with Crippen LogP contribution in [0.1, 0.15) is 18.1 Å². The smallest absolute Gasteiger partial charge is 0.319 e. The van der Waals surface area contributed by atoms with Crippen LogP contribution in [0.5, 0.6) is 0 Å². The highest BCUT2D eigenvalue weighted by atomic mass is 16.5. The van der Waals surface area contributed by atoms with Crippen molar-refractivity contribution in [2.45, 2.75) is 20.0 Å². The Morgan fingerprint density at radius 2 is 1.77 bits per heavy atom. The molecule has 1 aliphatic rings. The molecule has 0 aliphatic carbocycles. The average Bonchev–Trinajstić information content (AvgIpc) is 2.52. The third-order valence-corrected chi connectivity index (χ3v) is 3.93. The number of likely N-dealkylation sites (N-methyl/N-ethyl adjacent to an activating group) is 1. The van der Waals surface area contributed by atoms with Crippen LogP contribution in [0.4, 0.5) is 0 Å². The van der Waals surface area contributed by atoms with E-state index in [2.05, 4.69) is 46.4 Å². The Labute approximate surface area is 133 Å². The minimum Gasteiger partial charge on any atom is -0.465 e. The Hall–Kier alpha value is -1.43. The van der Waals surface area contributed by atoms with Gasteiger partial charge < -0.3 is 15.0 Å². The second-order valence-corrected chi connectivity index (χ2v) is 5.80. The van der Waals surface area contributed by atoms with Crippen molar-refractivity contribution in [3.8, 4) is 0 Å². The van der Waals surface area contributed by atoms with Gasteiger partial charge in [-0.15, -0.1) is 0 Å². The van der Waals surface area contributed by atoms with Gasteiger partial charge in [0, 0.05) is 39.3 Å². The van der Waals surface area contributed by atoms with Gasteiger partial charge in [0.05, 0.1) is 13.2 Å². The molecule has 1 aromatic rings. The Bertz CT molecular complexity index is 453. The Morgan fingerprint density at radius 3 is 2.41 bits per heavy atom. The van der Waals surface area contributed by atoms with E-state index in [1.54, 1.807) is 0 Å². The molecule has 1 N–H and O–H groups in total. The van der Waals surface area contributed by atoms with Crippen molar-refractivity contribution in [1.29, 1.82) is 0 Å². The van der Waals surface area contributed by atoms with Crippen molar-refractivity contribution in [3.05, 3.63) is 35.4 Å². The molecule has 5 nitrogen and oxygen atoms in total. The number of esters is 1. The molecule has 5 heteroatoms. The number of ether oxygens (including phenoxy) is 1. The van der Waals surface area contributed by atoms with E-state index < -0.39 is 0 Å². The van der Waals surface area contributed by atoms with Crippen molar-refractivity contribution in [2.75, 3.05) is 46.4 Å². The molecule has 0 saturated carbocycles. The lowest BCUT2D eigenvalue weighted by Crippen LogP contribution is -2.43. The number of hydrogen-bond acceptors (Lipinski definition) is 5. The number of benzene rings is 1. The molecule has 0 aromatic heterocycles. The Kier molecular flexibility index (Phi) is 6.83. The van der Waals surface area contributed by atoms with Gasteiger partial charge in [0.25, 0.3) is 0 Å². The van der Waals surface area contributed by atoms with E-state index in [1.807, 2.05) is 6.92 Å². The average molecular weight is 305 g/mol. The second kappa shape index (κ2) is 8.88. The predicted molar refractivity (Wildman–Crippen MR) is 87.6 cm³/mol. The maximum Gasteiger partial charge on any atom is 0.319 e. The van der Waals surface area contributed by atoms with Crippen molar-refractivity contribution in [3.63, 3.8) is 0 Å². The molecule has 0 amide bonds. The summed E-state index contributed by atoms with van der Waals surface area (Å²) in [4.78, 5) is 16.1. The van der Waals surface area contributed by atoms with Crippen molar-refractivity contribution in [2.24, 2.45) is 0 Å². The molecule has 0 radical (unpaired) electrons.